The highest BCUT2D eigenvalue weighted by atomic mass is 16.5. The summed E-state index contributed by atoms with van der Waals surface area (Å²) in [6.45, 7) is 2.17. The van der Waals surface area contributed by atoms with Gasteiger partial charge < -0.3 is 14.5 Å². The van der Waals surface area contributed by atoms with Gasteiger partial charge in [0.1, 0.15) is 16.9 Å². The number of methoxy groups -OCH3 is 1. The second-order valence-electron chi connectivity index (χ2n) is 5.47. The molecule has 0 radical (unpaired) electrons. The number of rotatable bonds is 4. The summed E-state index contributed by atoms with van der Waals surface area (Å²) in [5, 5.41) is 3.46. The molecule has 3 aromatic rings. The Morgan fingerprint density at radius 2 is 1.92 bits per heavy atom. The van der Waals surface area contributed by atoms with Crippen LogP contribution in [0.2, 0.25) is 0 Å². The van der Waals surface area contributed by atoms with E-state index in [2.05, 4.69) is 5.32 Å². The highest BCUT2D eigenvalue weighted by molar-refractivity contribution is 5.96. The van der Waals surface area contributed by atoms with Crippen molar-refractivity contribution in [3.8, 4) is 5.75 Å². The Morgan fingerprint density at radius 3 is 2.62 bits per heavy atom. The Balaban J connectivity index is 1.80. The topological polar surface area (TPSA) is 68.5 Å². The molecule has 0 aliphatic carbocycles. The molecule has 24 heavy (non-hydrogen) atoms. The average molecular weight is 323 g/mol. The summed E-state index contributed by atoms with van der Waals surface area (Å²) in [6.07, 6.45) is 0. The van der Waals surface area contributed by atoms with Gasteiger partial charge in [-0.05, 0) is 36.2 Å². The zero-order valence-electron chi connectivity index (χ0n) is 13.5. The number of hydrogen-bond acceptors (Lipinski definition) is 4. The molecular weight excluding hydrogens is 306 g/mol. The van der Waals surface area contributed by atoms with E-state index in [0.29, 0.717) is 12.1 Å². The van der Waals surface area contributed by atoms with E-state index >= 15 is 0 Å². The van der Waals surface area contributed by atoms with Crippen molar-refractivity contribution in [2.75, 3.05) is 7.11 Å². The molecule has 1 N–H and O–H groups in total. The first-order valence-electron chi connectivity index (χ1n) is 7.53. The van der Waals surface area contributed by atoms with E-state index in [9.17, 15) is 9.59 Å². The van der Waals surface area contributed by atoms with Gasteiger partial charge in [-0.1, -0.05) is 30.3 Å². The van der Waals surface area contributed by atoms with Gasteiger partial charge in [-0.15, -0.1) is 0 Å². The smallest absolute Gasteiger partial charge is 0.349 e. The Bertz CT molecular complexity index is 942. The van der Waals surface area contributed by atoms with Gasteiger partial charge in [-0.25, -0.2) is 4.79 Å². The summed E-state index contributed by atoms with van der Waals surface area (Å²) in [6, 6.07) is 14.4. The minimum atomic E-state index is -0.635. The van der Waals surface area contributed by atoms with E-state index in [4.69, 9.17) is 9.15 Å². The number of ether oxygens (including phenoxy) is 1. The largest absolute Gasteiger partial charge is 0.497 e. The van der Waals surface area contributed by atoms with E-state index in [0.717, 1.165) is 22.3 Å². The van der Waals surface area contributed by atoms with Gasteiger partial charge in [0.25, 0.3) is 5.91 Å². The zero-order valence-corrected chi connectivity index (χ0v) is 13.5. The molecule has 0 unspecified atom stereocenters. The molecule has 5 heteroatoms. The van der Waals surface area contributed by atoms with Crippen molar-refractivity contribution in [2.45, 2.75) is 13.5 Å². The van der Waals surface area contributed by atoms with Crippen LogP contribution in [0.3, 0.4) is 0 Å². The second kappa shape index (κ2) is 6.58. The Kier molecular flexibility index (Phi) is 4.33. The summed E-state index contributed by atoms with van der Waals surface area (Å²) < 4.78 is 10.4. The molecule has 0 aliphatic heterocycles. The number of carbonyl (C=O) groups excluding carboxylic acids is 1. The number of para-hydroxylation sites is 1. The van der Waals surface area contributed by atoms with Crippen LogP contribution >= 0.6 is 0 Å². The van der Waals surface area contributed by atoms with Crippen molar-refractivity contribution in [3.63, 3.8) is 0 Å². The number of benzene rings is 2. The molecule has 1 heterocycles. The highest BCUT2D eigenvalue weighted by Gasteiger charge is 2.14. The van der Waals surface area contributed by atoms with Crippen molar-refractivity contribution in [3.05, 3.63) is 75.6 Å². The van der Waals surface area contributed by atoms with Gasteiger partial charge in [-0.3, -0.25) is 4.79 Å². The van der Waals surface area contributed by atoms with Gasteiger partial charge in [0.05, 0.1) is 7.11 Å². The van der Waals surface area contributed by atoms with E-state index in [1.807, 2.05) is 49.4 Å². The lowest BCUT2D eigenvalue weighted by atomic mass is 10.1. The van der Waals surface area contributed by atoms with Crippen LogP contribution in [0.5, 0.6) is 5.75 Å². The SMILES string of the molecule is COc1ccc(CNC(=O)c2cc3cccc(C)c3oc2=O)cc1. The Labute approximate surface area is 138 Å². The molecule has 0 spiro atoms. The fourth-order valence-corrected chi connectivity index (χ4v) is 2.47. The molecule has 1 aromatic heterocycles. The third-order valence-electron chi connectivity index (χ3n) is 3.81. The third-order valence-corrected chi connectivity index (χ3v) is 3.81. The number of carbonyl (C=O) groups is 1. The van der Waals surface area contributed by atoms with Gasteiger partial charge >= 0.3 is 5.63 Å². The first kappa shape index (κ1) is 15.8. The number of aryl methyl sites for hydroxylation is 1. The number of hydrogen-bond donors (Lipinski definition) is 1. The van der Waals surface area contributed by atoms with E-state index in [1.165, 1.54) is 0 Å². The minimum Gasteiger partial charge on any atom is -0.497 e. The first-order valence-corrected chi connectivity index (χ1v) is 7.53. The average Bonchev–Trinajstić information content (AvgIpc) is 2.60. The molecule has 0 aliphatic rings. The predicted octanol–water partition coefficient (Wildman–Crippen LogP) is 3.04. The number of nitrogens with one attached hydrogen (secondary N) is 1. The normalized spacial score (nSPS) is 10.6. The van der Waals surface area contributed by atoms with Crippen LogP contribution in [0, 0.1) is 6.92 Å². The summed E-state index contributed by atoms with van der Waals surface area (Å²) in [5.74, 6) is 0.290. The predicted molar refractivity (Wildman–Crippen MR) is 91.4 cm³/mol. The van der Waals surface area contributed by atoms with Crippen molar-refractivity contribution in [2.24, 2.45) is 0 Å². The fourth-order valence-electron chi connectivity index (χ4n) is 2.47. The Hall–Kier alpha value is -3.08. The van der Waals surface area contributed by atoms with Crippen LogP contribution in [0.25, 0.3) is 11.0 Å². The molecule has 0 bridgehead atoms. The number of fused-ring (bicyclic) bond motifs is 1. The van der Waals surface area contributed by atoms with Crippen LogP contribution in [0.1, 0.15) is 21.5 Å². The lowest BCUT2D eigenvalue weighted by Gasteiger charge is -2.07. The van der Waals surface area contributed by atoms with Crippen molar-refractivity contribution in [1.82, 2.24) is 5.32 Å². The maximum atomic E-state index is 12.3. The minimum absolute atomic E-state index is 0.00149. The van der Waals surface area contributed by atoms with Crippen LogP contribution in [0.15, 0.2) is 57.7 Å². The molecule has 1 amide bonds. The lowest BCUT2D eigenvalue weighted by Crippen LogP contribution is -2.27. The first-order chi connectivity index (χ1) is 11.6. The Morgan fingerprint density at radius 1 is 1.17 bits per heavy atom. The molecule has 0 saturated carbocycles. The highest BCUT2D eigenvalue weighted by Crippen LogP contribution is 2.17. The molecular formula is C19H17NO4. The third kappa shape index (κ3) is 3.15. The molecule has 0 fully saturated rings. The van der Waals surface area contributed by atoms with Crippen molar-refractivity contribution >= 4 is 16.9 Å². The summed E-state index contributed by atoms with van der Waals surface area (Å²) in [4.78, 5) is 24.4. The lowest BCUT2D eigenvalue weighted by molar-refractivity contribution is 0.0947. The summed E-state index contributed by atoms with van der Waals surface area (Å²) in [7, 11) is 1.59. The van der Waals surface area contributed by atoms with Gasteiger partial charge in [0, 0.05) is 11.9 Å². The van der Waals surface area contributed by atoms with E-state index < -0.39 is 11.5 Å². The maximum Gasteiger partial charge on any atom is 0.349 e. The fraction of sp³-hybridized carbons (Fsp3) is 0.158. The molecule has 3 rings (SSSR count). The van der Waals surface area contributed by atoms with Gasteiger partial charge in [0.2, 0.25) is 0 Å². The molecule has 0 saturated heterocycles. The number of amides is 1. The quantitative estimate of drug-likeness (QED) is 0.749. The second-order valence-corrected chi connectivity index (χ2v) is 5.47. The monoisotopic (exact) mass is 323 g/mol. The van der Waals surface area contributed by atoms with Crippen molar-refractivity contribution in [1.29, 1.82) is 0 Å². The van der Waals surface area contributed by atoms with Crippen LogP contribution in [-0.2, 0) is 6.54 Å². The molecule has 122 valence electrons. The summed E-state index contributed by atoms with van der Waals surface area (Å²) >= 11 is 0. The van der Waals surface area contributed by atoms with Gasteiger partial charge in [0.15, 0.2) is 0 Å². The standard InChI is InChI=1S/C19H17NO4/c1-12-4-3-5-14-10-16(19(22)24-17(12)14)18(21)20-11-13-6-8-15(23-2)9-7-13/h3-10H,11H2,1-2H3,(H,20,21). The maximum absolute atomic E-state index is 12.3. The molecule has 2 aromatic carbocycles. The van der Waals surface area contributed by atoms with Crippen molar-refractivity contribution < 1.29 is 13.9 Å². The van der Waals surface area contributed by atoms with Crippen LogP contribution in [0.4, 0.5) is 0 Å². The van der Waals surface area contributed by atoms with Gasteiger partial charge in [-0.2, -0.15) is 0 Å². The molecule has 5 nitrogen and oxygen atoms in total. The molecule has 0 atom stereocenters. The van der Waals surface area contributed by atoms with E-state index in [1.54, 1.807) is 13.2 Å². The van der Waals surface area contributed by atoms with E-state index in [-0.39, 0.29) is 5.56 Å². The van der Waals surface area contributed by atoms with Crippen LogP contribution < -0.4 is 15.7 Å². The summed E-state index contributed by atoms with van der Waals surface area (Å²) in [5.41, 5.74) is 1.64. The zero-order chi connectivity index (χ0) is 17.1. The van der Waals surface area contributed by atoms with Crippen LogP contribution in [-0.4, -0.2) is 13.0 Å².